The van der Waals surface area contributed by atoms with E-state index in [1.54, 1.807) is 12.1 Å². The number of carbonyl (C=O) groups is 2. The van der Waals surface area contributed by atoms with E-state index in [-0.39, 0.29) is 6.54 Å². The van der Waals surface area contributed by atoms with E-state index < -0.39 is 40.2 Å². The van der Waals surface area contributed by atoms with Gasteiger partial charge in [-0.25, -0.2) is 0 Å². The molecule has 0 saturated heterocycles. The van der Waals surface area contributed by atoms with Crippen LogP contribution in [0, 0.1) is 0 Å². The van der Waals surface area contributed by atoms with Crippen molar-refractivity contribution in [1.29, 1.82) is 0 Å². The molecule has 1 saturated carbocycles. The van der Waals surface area contributed by atoms with Crippen LogP contribution < -0.4 is 22.1 Å². The van der Waals surface area contributed by atoms with Gasteiger partial charge in [0.05, 0.1) is 5.56 Å². The van der Waals surface area contributed by atoms with Crippen molar-refractivity contribution >= 4 is 11.8 Å². The minimum Gasteiger partial charge on any atom is -0.350 e. The molecule has 2 aromatic rings. The minimum atomic E-state index is -4.47. The Balaban J connectivity index is 1.86. The summed E-state index contributed by atoms with van der Waals surface area (Å²) in [6.07, 6.45) is -1.18. The molecule has 0 heterocycles. The smallest absolute Gasteiger partial charge is 0.350 e. The lowest BCUT2D eigenvalue weighted by Crippen LogP contribution is -2.59. The molecule has 1 aliphatic carbocycles. The number of hydrogen-bond acceptors (Lipinski definition) is 4. The molecule has 0 unspecified atom stereocenters. The number of rotatable bonds is 7. The van der Waals surface area contributed by atoms with E-state index in [1.807, 2.05) is 33.8 Å². The molecule has 3 rings (SSSR count). The van der Waals surface area contributed by atoms with Gasteiger partial charge in [0.1, 0.15) is 5.54 Å². The van der Waals surface area contributed by atoms with Gasteiger partial charge in [0, 0.05) is 23.2 Å². The fourth-order valence-corrected chi connectivity index (χ4v) is 4.57. The van der Waals surface area contributed by atoms with E-state index in [9.17, 15) is 22.8 Å². The molecule has 0 spiro atoms. The van der Waals surface area contributed by atoms with Gasteiger partial charge in [-0.15, -0.1) is 0 Å². The Bertz CT molecular complexity index is 1110. The van der Waals surface area contributed by atoms with Gasteiger partial charge in [0.15, 0.2) is 0 Å². The zero-order valence-corrected chi connectivity index (χ0v) is 21.9. The number of nitrogens with two attached hydrogens (primary N) is 2. The van der Waals surface area contributed by atoms with Crippen LogP contribution in [0.4, 0.5) is 13.2 Å². The van der Waals surface area contributed by atoms with Crippen LogP contribution in [0.5, 0.6) is 0 Å². The zero-order chi connectivity index (χ0) is 27.6. The van der Waals surface area contributed by atoms with Crippen LogP contribution >= 0.6 is 0 Å². The molecule has 0 aliphatic heterocycles. The third-order valence-electron chi connectivity index (χ3n) is 6.89. The van der Waals surface area contributed by atoms with Crippen molar-refractivity contribution in [3.63, 3.8) is 0 Å². The largest absolute Gasteiger partial charge is 0.416 e. The van der Waals surface area contributed by atoms with Crippen LogP contribution in [0.3, 0.4) is 0 Å². The van der Waals surface area contributed by atoms with Gasteiger partial charge < -0.3 is 22.1 Å². The first-order valence-corrected chi connectivity index (χ1v) is 12.5. The molecule has 0 aromatic heterocycles. The van der Waals surface area contributed by atoms with Crippen molar-refractivity contribution in [2.24, 2.45) is 11.5 Å². The highest BCUT2D eigenvalue weighted by Gasteiger charge is 2.41. The number of nitrogens with one attached hydrogen (secondary N) is 2. The van der Waals surface area contributed by atoms with Gasteiger partial charge in [-0.3, -0.25) is 9.59 Å². The molecule has 0 bridgehead atoms. The lowest BCUT2D eigenvalue weighted by Gasteiger charge is -2.37. The monoisotopic (exact) mass is 518 g/mol. The van der Waals surface area contributed by atoms with Crippen LogP contribution in [-0.2, 0) is 28.6 Å². The Hall–Kier alpha value is -2.91. The van der Waals surface area contributed by atoms with Gasteiger partial charge in [-0.2, -0.15) is 13.2 Å². The SMILES string of the molecule is CC(C)(N)c1cc(C(=O)NC2(C(=O)NCc3cccc(C(F)(F)F)c3)CCCCC2)cc(C(C)(C)N)c1. The lowest BCUT2D eigenvalue weighted by molar-refractivity contribution is -0.137. The highest BCUT2D eigenvalue weighted by atomic mass is 19.4. The quantitative estimate of drug-likeness (QED) is 0.420. The molecule has 1 aliphatic rings. The fourth-order valence-electron chi connectivity index (χ4n) is 4.57. The molecule has 0 atom stereocenters. The second-order valence-electron chi connectivity index (χ2n) is 11.2. The number of hydrogen-bond donors (Lipinski definition) is 4. The molecular weight excluding hydrogens is 481 g/mol. The molecule has 2 amide bonds. The highest BCUT2D eigenvalue weighted by molar-refractivity contribution is 5.99. The first kappa shape index (κ1) is 28.7. The Morgan fingerprint density at radius 2 is 1.43 bits per heavy atom. The molecule has 0 radical (unpaired) electrons. The summed E-state index contributed by atoms with van der Waals surface area (Å²) < 4.78 is 39.2. The third-order valence-corrected chi connectivity index (χ3v) is 6.89. The Morgan fingerprint density at radius 1 is 0.865 bits per heavy atom. The zero-order valence-electron chi connectivity index (χ0n) is 21.9. The van der Waals surface area contributed by atoms with Crippen molar-refractivity contribution in [3.8, 4) is 0 Å². The van der Waals surface area contributed by atoms with E-state index in [0.29, 0.717) is 24.0 Å². The standard InChI is InChI=1S/C28H37F3N4O2/c1-25(2,32)21-14-19(15-22(16-21)26(3,4)33)23(36)35-27(11-6-5-7-12-27)24(37)34-17-18-9-8-10-20(13-18)28(29,30)31/h8-10,13-16H,5-7,11-12,17,32-33H2,1-4H3,(H,34,37)(H,35,36). The van der Waals surface area contributed by atoms with Crippen molar-refractivity contribution in [2.75, 3.05) is 0 Å². The average Bonchev–Trinajstić information content (AvgIpc) is 2.81. The summed E-state index contributed by atoms with van der Waals surface area (Å²) in [6, 6.07) is 10.1. The van der Waals surface area contributed by atoms with Crippen molar-refractivity contribution in [2.45, 2.75) is 89.1 Å². The summed E-state index contributed by atoms with van der Waals surface area (Å²) in [5, 5.41) is 5.72. The molecule has 9 heteroatoms. The van der Waals surface area contributed by atoms with Crippen LogP contribution in [0.1, 0.15) is 92.4 Å². The maximum Gasteiger partial charge on any atom is 0.416 e. The van der Waals surface area contributed by atoms with Gasteiger partial charge >= 0.3 is 6.18 Å². The minimum absolute atomic E-state index is 0.0806. The predicted molar refractivity (Wildman–Crippen MR) is 137 cm³/mol. The average molecular weight is 519 g/mol. The van der Waals surface area contributed by atoms with Crippen LogP contribution in [0.2, 0.25) is 0 Å². The topological polar surface area (TPSA) is 110 Å². The summed E-state index contributed by atoms with van der Waals surface area (Å²) in [6.45, 7) is 7.26. The Kier molecular flexibility index (Phi) is 8.10. The lowest BCUT2D eigenvalue weighted by atomic mass is 9.80. The van der Waals surface area contributed by atoms with Gasteiger partial charge in [0.25, 0.3) is 5.91 Å². The van der Waals surface area contributed by atoms with Crippen molar-refractivity contribution < 1.29 is 22.8 Å². The van der Waals surface area contributed by atoms with E-state index in [1.165, 1.54) is 12.1 Å². The number of amides is 2. The second kappa shape index (κ2) is 10.5. The van der Waals surface area contributed by atoms with Gasteiger partial charge in [-0.05, 0) is 81.5 Å². The number of halogens is 3. The van der Waals surface area contributed by atoms with E-state index in [0.717, 1.165) is 42.5 Å². The van der Waals surface area contributed by atoms with E-state index in [2.05, 4.69) is 10.6 Å². The summed E-state index contributed by atoms with van der Waals surface area (Å²) in [5.74, 6) is -0.833. The predicted octanol–water partition coefficient (Wildman–Crippen LogP) is 4.84. The summed E-state index contributed by atoms with van der Waals surface area (Å²) in [5.41, 5.74) is 11.4. The van der Waals surface area contributed by atoms with Crippen molar-refractivity contribution in [3.05, 3.63) is 70.3 Å². The number of benzene rings is 2. The summed E-state index contributed by atoms with van der Waals surface area (Å²) >= 11 is 0. The van der Waals surface area contributed by atoms with E-state index >= 15 is 0 Å². The number of alkyl halides is 3. The van der Waals surface area contributed by atoms with Crippen LogP contribution in [-0.4, -0.2) is 17.4 Å². The maximum atomic E-state index is 13.5. The maximum absolute atomic E-state index is 13.5. The first-order chi connectivity index (χ1) is 17.0. The molecule has 202 valence electrons. The fraction of sp³-hybridized carbons (Fsp3) is 0.500. The molecule has 6 nitrogen and oxygen atoms in total. The molecule has 37 heavy (non-hydrogen) atoms. The second-order valence-corrected chi connectivity index (χ2v) is 11.2. The van der Waals surface area contributed by atoms with Gasteiger partial charge in [-0.1, -0.05) is 37.5 Å². The van der Waals surface area contributed by atoms with Crippen LogP contribution in [0.25, 0.3) is 0 Å². The van der Waals surface area contributed by atoms with E-state index in [4.69, 9.17) is 11.5 Å². The third kappa shape index (κ3) is 7.11. The first-order valence-electron chi connectivity index (χ1n) is 12.5. The van der Waals surface area contributed by atoms with Gasteiger partial charge in [0.2, 0.25) is 5.91 Å². The normalized spacial score (nSPS) is 16.2. The number of carbonyl (C=O) groups excluding carboxylic acids is 2. The molecular formula is C28H37F3N4O2. The molecule has 6 N–H and O–H groups in total. The Morgan fingerprint density at radius 3 is 1.95 bits per heavy atom. The Labute approximate surface area is 216 Å². The molecule has 1 fully saturated rings. The van der Waals surface area contributed by atoms with Crippen molar-refractivity contribution in [1.82, 2.24) is 10.6 Å². The summed E-state index contributed by atoms with van der Waals surface area (Å²) in [4.78, 5) is 26.9. The summed E-state index contributed by atoms with van der Waals surface area (Å²) in [7, 11) is 0. The molecule has 2 aromatic carbocycles. The highest BCUT2D eigenvalue weighted by Crippen LogP contribution is 2.32. The van der Waals surface area contributed by atoms with Crippen LogP contribution in [0.15, 0.2) is 42.5 Å².